The number of carbonyl (C=O) groups is 1. The van der Waals surface area contributed by atoms with Gasteiger partial charge in [-0.25, -0.2) is 0 Å². The standard InChI is InChI=1S/C19H14N2OS/c20-12-14-8-10-16(11-9-14)21-19(22)13-23-18-7-3-5-15-4-1-2-6-17(15)18/h1-11H,13H2,(H,21,22). The van der Waals surface area contributed by atoms with Gasteiger partial charge in [-0.3, -0.25) is 4.79 Å². The van der Waals surface area contributed by atoms with Crippen LogP contribution in [0, 0.1) is 11.3 Å². The summed E-state index contributed by atoms with van der Waals surface area (Å²) in [5.41, 5.74) is 1.28. The van der Waals surface area contributed by atoms with Gasteiger partial charge in [-0.05, 0) is 41.1 Å². The molecule has 23 heavy (non-hydrogen) atoms. The molecule has 3 nitrogen and oxygen atoms in total. The molecular weight excluding hydrogens is 304 g/mol. The van der Waals surface area contributed by atoms with Crippen molar-refractivity contribution in [2.75, 3.05) is 11.1 Å². The molecule has 112 valence electrons. The highest BCUT2D eigenvalue weighted by Crippen LogP contribution is 2.27. The van der Waals surface area contributed by atoms with Gasteiger partial charge in [-0.15, -0.1) is 11.8 Å². The molecule has 0 aliphatic rings. The van der Waals surface area contributed by atoms with Crippen molar-refractivity contribution in [3.8, 4) is 6.07 Å². The first-order valence-electron chi connectivity index (χ1n) is 7.17. The van der Waals surface area contributed by atoms with Crippen molar-refractivity contribution in [2.24, 2.45) is 0 Å². The van der Waals surface area contributed by atoms with Gasteiger partial charge >= 0.3 is 0 Å². The minimum Gasteiger partial charge on any atom is -0.325 e. The summed E-state index contributed by atoms with van der Waals surface area (Å²) >= 11 is 1.52. The SMILES string of the molecule is N#Cc1ccc(NC(=O)CSc2cccc3ccccc23)cc1. The van der Waals surface area contributed by atoms with Crippen LogP contribution in [0.25, 0.3) is 10.8 Å². The van der Waals surface area contributed by atoms with E-state index in [1.807, 2.05) is 24.3 Å². The Morgan fingerprint density at radius 3 is 2.52 bits per heavy atom. The van der Waals surface area contributed by atoms with Crippen LogP contribution in [0.4, 0.5) is 5.69 Å². The van der Waals surface area contributed by atoms with E-state index in [1.165, 1.54) is 17.1 Å². The molecular formula is C19H14N2OS. The van der Waals surface area contributed by atoms with Gasteiger partial charge in [0.05, 0.1) is 17.4 Å². The van der Waals surface area contributed by atoms with Gasteiger partial charge in [-0.2, -0.15) is 5.26 Å². The van der Waals surface area contributed by atoms with E-state index >= 15 is 0 Å². The van der Waals surface area contributed by atoms with Gasteiger partial charge in [0.25, 0.3) is 0 Å². The summed E-state index contributed by atoms with van der Waals surface area (Å²) in [5, 5.41) is 13.9. The molecule has 3 aromatic carbocycles. The van der Waals surface area contributed by atoms with Crippen molar-refractivity contribution < 1.29 is 4.79 Å². The third-order valence-corrected chi connectivity index (χ3v) is 4.48. The Kier molecular flexibility index (Phi) is 4.60. The highest BCUT2D eigenvalue weighted by atomic mass is 32.2. The van der Waals surface area contributed by atoms with Gasteiger partial charge in [0.15, 0.2) is 0 Å². The Balaban J connectivity index is 1.65. The summed E-state index contributed by atoms with van der Waals surface area (Å²) in [6.45, 7) is 0. The fourth-order valence-corrected chi connectivity index (χ4v) is 3.16. The van der Waals surface area contributed by atoms with Crippen LogP contribution in [0.3, 0.4) is 0 Å². The molecule has 0 aliphatic heterocycles. The molecule has 0 spiro atoms. The number of thioether (sulfide) groups is 1. The van der Waals surface area contributed by atoms with E-state index in [-0.39, 0.29) is 5.91 Å². The highest BCUT2D eigenvalue weighted by molar-refractivity contribution is 8.00. The fourth-order valence-electron chi connectivity index (χ4n) is 2.29. The minimum absolute atomic E-state index is 0.0624. The summed E-state index contributed by atoms with van der Waals surface area (Å²) in [7, 11) is 0. The Hall–Kier alpha value is -2.77. The number of carbonyl (C=O) groups excluding carboxylic acids is 1. The third-order valence-electron chi connectivity index (χ3n) is 3.41. The summed E-state index contributed by atoms with van der Waals surface area (Å²) in [5.74, 6) is 0.279. The second-order valence-corrected chi connectivity index (χ2v) is 6.02. The molecule has 0 aromatic heterocycles. The van der Waals surface area contributed by atoms with E-state index < -0.39 is 0 Å². The normalized spacial score (nSPS) is 10.2. The van der Waals surface area contributed by atoms with Crippen LogP contribution >= 0.6 is 11.8 Å². The topological polar surface area (TPSA) is 52.9 Å². The molecule has 0 radical (unpaired) electrons. The Labute approximate surface area is 138 Å². The molecule has 0 unspecified atom stereocenters. The molecule has 0 saturated carbocycles. The van der Waals surface area contributed by atoms with Gasteiger partial charge in [0.1, 0.15) is 0 Å². The van der Waals surface area contributed by atoms with Crippen LogP contribution < -0.4 is 5.32 Å². The number of rotatable bonds is 4. The van der Waals surface area contributed by atoms with Crippen LogP contribution in [-0.2, 0) is 4.79 Å². The van der Waals surface area contributed by atoms with E-state index in [1.54, 1.807) is 24.3 Å². The lowest BCUT2D eigenvalue weighted by atomic mass is 10.1. The number of anilines is 1. The summed E-state index contributed by atoms with van der Waals surface area (Å²) in [4.78, 5) is 13.2. The molecule has 1 amide bonds. The first kappa shape index (κ1) is 15.1. The quantitative estimate of drug-likeness (QED) is 0.723. The van der Waals surface area contributed by atoms with E-state index in [9.17, 15) is 4.79 Å². The third kappa shape index (κ3) is 3.71. The monoisotopic (exact) mass is 318 g/mol. The summed E-state index contributed by atoms with van der Waals surface area (Å²) in [6, 6.07) is 23.1. The average molecular weight is 318 g/mol. The number of amides is 1. The van der Waals surface area contributed by atoms with E-state index in [0.717, 1.165) is 10.3 Å². The molecule has 0 fully saturated rings. The van der Waals surface area contributed by atoms with E-state index in [2.05, 4.69) is 29.6 Å². The zero-order valence-electron chi connectivity index (χ0n) is 12.3. The van der Waals surface area contributed by atoms with Crippen molar-refractivity contribution in [1.82, 2.24) is 0 Å². The summed E-state index contributed by atoms with van der Waals surface area (Å²) < 4.78 is 0. The molecule has 0 aliphatic carbocycles. The van der Waals surface area contributed by atoms with Crippen molar-refractivity contribution in [2.45, 2.75) is 4.90 Å². The Bertz CT molecular complexity index is 877. The largest absolute Gasteiger partial charge is 0.325 e. The number of benzene rings is 3. The van der Waals surface area contributed by atoms with Crippen LogP contribution in [0.2, 0.25) is 0 Å². The molecule has 0 atom stereocenters. The minimum atomic E-state index is -0.0624. The first-order valence-corrected chi connectivity index (χ1v) is 8.15. The van der Waals surface area contributed by atoms with Gasteiger partial charge in [-0.1, -0.05) is 36.4 Å². The van der Waals surface area contributed by atoms with Crippen LogP contribution in [-0.4, -0.2) is 11.7 Å². The molecule has 4 heteroatoms. The summed E-state index contributed by atoms with van der Waals surface area (Å²) in [6.07, 6.45) is 0. The molecule has 3 rings (SSSR count). The number of nitrogens with zero attached hydrogens (tertiary/aromatic N) is 1. The molecule has 0 saturated heterocycles. The second-order valence-electron chi connectivity index (χ2n) is 5.00. The number of hydrogen-bond acceptors (Lipinski definition) is 3. The fraction of sp³-hybridized carbons (Fsp3) is 0.0526. The van der Waals surface area contributed by atoms with Crippen molar-refractivity contribution in [1.29, 1.82) is 5.26 Å². The number of nitriles is 1. The maximum atomic E-state index is 12.1. The molecule has 3 aromatic rings. The lowest BCUT2D eigenvalue weighted by Gasteiger charge is -2.07. The number of nitrogens with one attached hydrogen (secondary N) is 1. The Morgan fingerprint density at radius 2 is 1.74 bits per heavy atom. The lowest BCUT2D eigenvalue weighted by molar-refractivity contribution is -0.113. The highest BCUT2D eigenvalue weighted by Gasteiger charge is 2.06. The maximum Gasteiger partial charge on any atom is 0.234 e. The zero-order valence-corrected chi connectivity index (χ0v) is 13.1. The average Bonchev–Trinajstić information content (AvgIpc) is 2.60. The number of fused-ring (bicyclic) bond motifs is 1. The van der Waals surface area contributed by atoms with Gasteiger partial charge in [0.2, 0.25) is 5.91 Å². The molecule has 1 N–H and O–H groups in total. The second kappa shape index (κ2) is 6.99. The Morgan fingerprint density at radius 1 is 1.00 bits per heavy atom. The van der Waals surface area contributed by atoms with Crippen molar-refractivity contribution in [3.63, 3.8) is 0 Å². The van der Waals surface area contributed by atoms with E-state index in [4.69, 9.17) is 5.26 Å². The van der Waals surface area contributed by atoms with Crippen molar-refractivity contribution >= 4 is 34.1 Å². The van der Waals surface area contributed by atoms with Crippen LogP contribution in [0.5, 0.6) is 0 Å². The zero-order chi connectivity index (χ0) is 16.1. The van der Waals surface area contributed by atoms with E-state index in [0.29, 0.717) is 17.0 Å². The lowest BCUT2D eigenvalue weighted by Crippen LogP contribution is -2.13. The smallest absolute Gasteiger partial charge is 0.234 e. The molecule has 0 heterocycles. The van der Waals surface area contributed by atoms with Crippen molar-refractivity contribution in [3.05, 3.63) is 72.3 Å². The van der Waals surface area contributed by atoms with Gasteiger partial charge < -0.3 is 5.32 Å². The predicted octanol–water partition coefficient (Wildman–Crippen LogP) is 4.44. The van der Waals surface area contributed by atoms with Crippen LogP contribution in [0.15, 0.2) is 71.6 Å². The molecule has 0 bridgehead atoms. The number of hydrogen-bond donors (Lipinski definition) is 1. The first-order chi connectivity index (χ1) is 11.3. The predicted molar refractivity (Wildman–Crippen MR) is 94.5 cm³/mol. The maximum absolute atomic E-state index is 12.1. The van der Waals surface area contributed by atoms with Crippen LogP contribution in [0.1, 0.15) is 5.56 Å². The van der Waals surface area contributed by atoms with Gasteiger partial charge in [0, 0.05) is 10.6 Å².